The maximum absolute atomic E-state index is 4.35. The molecule has 0 saturated carbocycles. The summed E-state index contributed by atoms with van der Waals surface area (Å²) in [4.78, 5) is 4.23. The van der Waals surface area contributed by atoms with Crippen molar-refractivity contribution < 1.29 is 0 Å². The van der Waals surface area contributed by atoms with Crippen molar-refractivity contribution in [1.82, 2.24) is 20.1 Å². The van der Waals surface area contributed by atoms with Gasteiger partial charge < -0.3 is 5.32 Å². The molecule has 0 bridgehead atoms. The Hall–Kier alpha value is -0.900. The summed E-state index contributed by atoms with van der Waals surface area (Å²) in [6.45, 7) is 10.2. The average molecular weight is 196 g/mol. The van der Waals surface area contributed by atoms with Gasteiger partial charge in [-0.25, -0.2) is 4.98 Å². The molecule has 0 aromatic carbocycles. The van der Waals surface area contributed by atoms with Gasteiger partial charge in [0.25, 0.3) is 0 Å². The zero-order chi connectivity index (χ0) is 10.6. The van der Waals surface area contributed by atoms with Gasteiger partial charge in [0.2, 0.25) is 0 Å². The third kappa shape index (κ3) is 3.87. The summed E-state index contributed by atoms with van der Waals surface area (Å²) < 4.78 is 1.89. The lowest BCUT2D eigenvalue weighted by atomic mass is 10.1. The molecule has 1 aromatic rings. The van der Waals surface area contributed by atoms with Crippen LogP contribution >= 0.6 is 0 Å². The molecule has 0 aliphatic carbocycles. The molecule has 1 N–H and O–H groups in total. The highest BCUT2D eigenvalue weighted by atomic mass is 15.3. The maximum atomic E-state index is 4.35. The topological polar surface area (TPSA) is 42.7 Å². The van der Waals surface area contributed by atoms with Crippen molar-refractivity contribution in [3.05, 3.63) is 12.2 Å². The number of nitrogens with one attached hydrogen (secondary N) is 1. The molecule has 80 valence electrons. The minimum Gasteiger partial charge on any atom is -0.305 e. The van der Waals surface area contributed by atoms with Crippen LogP contribution in [-0.2, 0) is 13.1 Å². The van der Waals surface area contributed by atoms with Crippen LogP contribution in [0.1, 0.15) is 39.9 Å². The lowest BCUT2D eigenvalue weighted by Gasteiger charge is -2.19. The average Bonchev–Trinajstić information content (AvgIpc) is 2.49. The monoisotopic (exact) mass is 196 g/mol. The second kappa shape index (κ2) is 4.55. The van der Waals surface area contributed by atoms with Crippen molar-refractivity contribution in [2.75, 3.05) is 0 Å². The van der Waals surface area contributed by atoms with Gasteiger partial charge in [-0.1, -0.05) is 6.92 Å². The normalized spacial score (nSPS) is 12.0. The third-order valence-electron chi connectivity index (χ3n) is 1.81. The van der Waals surface area contributed by atoms with E-state index >= 15 is 0 Å². The smallest absolute Gasteiger partial charge is 0.164 e. The molecular weight excluding hydrogens is 176 g/mol. The highest BCUT2D eigenvalue weighted by Crippen LogP contribution is 2.00. The Morgan fingerprint density at radius 2 is 2.14 bits per heavy atom. The van der Waals surface area contributed by atoms with Gasteiger partial charge in [-0.05, 0) is 27.2 Å². The van der Waals surface area contributed by atoms with Gasteiger partial charge in [0.05, 0.1) is 6.54 Å². The molecular formula is C10H20N4. The summed E-state index contributed by atoms with van der Waals surface area (Å²) >= 11 is 0. The van der Waals surface area contributed by atoms with E-state index in [2.05, 4.69) is 43.1 Å². The van der Waals surface area contributed by atoms with Crippen LogP contribution in [0.25, 0.3) is 0 Å². The number of hydrogen-bond donors (Lipinski definition) is 1. The molecule has 0 saturated heterocycles. The van der Waals surface area contributed by atoms with Crippen molar-refractivity contribution in [3.8, 4) is 0 Å². The fourth-order valence-electron chi connectivity index (χ4n) is 1.10. The SMILES string of the molecule is CCCn1cnc(CNC(C)(C)C)n1. The van der Waals surface area contributed by atoms with Crippen LogP contribution in [0.2, 0.25) is 0 Å². The van der Waals surface area contributed by atoms with Crippen LogP contribution in [0.15, 0.2) is 6.33 Å². The van der Waals surface area contributed by atoms with Crippen molar-refractivity contribution in [1.29, 1.82) is 0 Å². The predicted octanol–water partition coefficient (Wildman–Crippen LogP) is 1.58. The van der Waals surface area contributed by atoms with Crippen LogP contribution < -0.4 is 5.32 Å². The quantitative estimate of drug-likeness (QED) is 0.795. The van der Waals surface area contributed by atoms with E-state index in [1.807, 2.05) is 4.68 Å². The van der Waals surface area contributed by atoms with E-state index in [-0.39, 0.29) is 5.54 Å². The molecule has 1 rings (SSSR count). The highest BCUT2D eigenvalue weighted by molar-refractivity contribution is 4.83. The fourth-order valence-corrected chi connectivity index (χ4v) is 1.10. The lowest BCUT2D eigenvalue weighted by molar-refractivity contribution is 0.416. The first-order chi connectivity index (χ1) is 6.51. The van der Waals surface area contributed by atoms with Gasteiger partial charge in [-0.3, -0.25) is 4.68 Å². The molecule has 1 heterocycles. The maximum Gasteiger partial charge on any atom is 0.164 e. The van der Waals surface area contributed by atoms with E-state index in [0.717, 1.165) is 25.3 Å². The Kier molecular flexibility index (Phi) is 3.63. The van der Waals surface area contributed by atoms with Crippen molar-refractivity contribution >= 4 is 0 Å². The van der Waals surface area contributed by atoms with Gasteiger partial charge in [-0.15, -0.1) is 0 Å². The van der Waals surface area contributed by atoms with Gasteiger partial charge >= 0.3 is 0 Å². The van der Waals surface area contributed by atoms with Gasteiger partial charge in [0.15, 0.2) is 5.82 Å². The van der Waals surface area contributed by atoms with E-state index in [4.69, 9.17) is 0 Å². The molecule has 0 radical (unpaired) electrons. The molecule has 0 amide bonds. The first-order valence-corrected chi connectivity index (χ1v) is 5.14. The Morgan fingerprint density at radius 1 is 1.43 bits per heavy atom. The van der Waals surface area contributed by atoms with Gasteiger partial charge in [-0.2, -0.15) is 5.10 Å². The second-order valence-electron chi connectivity index (χ2n) is 4.53. The molecule has 1 aromatic heterocycles. The van der Waals surface area contributed by atoms with Gasteiger partial charge in [0, 0.05) is 12.1 Å². The van der Waals surface area contributed by atoms with Crippen LogP contribution in [0, 0.1) is 0 Å². The van der Waals surface area contributed by atoms with E-state index in [9.17, 15) is 0 Å². The van der Waals surface area contributed by atoms with Crippen LogP contribution in [0.4, 0.5) is 0 Å². The third-order valence-corrected chi connectivity index (χ3v) is 1.81. The van der Waals surface area contributed by atoms with Crippen LogP contribution in [0.5, 0.6) is 0 Å². The zero-order valence-corrected chi connectivity index (χ0v) is 9.54. The highest BCUT2D eigenvalue weighted by Gasteiger charge is 2.09. The Bertz CT molecular complexity index is 272. The molecule has 0 fully saturated rings. The minimum absolute atomic E-state index is 0.121. The summed E-state index contributed by atoms with van der Waals surface area (Å²) in [6, 6.07) is 0. The number of aryl methyl sites for hydroxylation is 1. The predicted molar refractivity (Wildman–Crippen MR) is 56.9 cm³/mol. The van der Waals surface area contributed by atoms with Crippen LogP contribution in [-0.4, -0.2) is 20.3 Å². The number of nitrogens with zero attached hydrogens (tertiary/aromatic N) is 3. The van der Waals surface area contributed by atoms with Crippen molar-refractivity contribution in [3.63, 3.8) is 0 Å². The molecule has 0 unspecified atom stereocenters. The fraction of sp³-hybridized carbons (Fsp3) is 0.800. The van der Waals surface area contributed by atoms with Crippen molar-refractivity contribution in [2.45, 2.75) is 52.7 Å². The Labute approximate surface area is 85.7 Å². The summed E-state index contributed by atoms with van der Waals surface area (Å²) in [5.41, 5.74) is 0.121. The van der Waals surface area contributed by atoms with Crippen molar-refractivity contribution in [2.24, 2.45) is 0 Å². The zero-order valence-electron chi connectivity index (χ0n) is 9.54. The minimum atomic E-state index is 0.121. The Morgan fingerprint density at radius 3 is 2.71 bits per heavy atom. The van der Waals surface area contributed by atoms with E-state index < -0.39 is 0 Å². The largest absolute Gasteiger partial charge is 0.305 e. The number of aromatic nitrogens is 3. The molecule has 0 aliphatic heterocycles. The van der Waals surface area contributed by atoms with E-state index in [1.165, 1.54) is 0 Å². The number of rotatable bonds is 4. The molecule has 0 aliphatic rings. The van der Waals surface area contributed by atoms with E-state index in [1.54, 1.807) is 6.33 Å². The lowest BCUT2D eigenvalue weighted by Crippen LogP contribution is -2.35. The summed E-state index contributed by atoms with van der Waals surface area (Å²) in [7, 11) is 0. The first-order valence-electron chi connectivity index (χ1n) is 5.14. The van der Waals surface area contributed by atoms with Gasteiger partial charge in [0.1, 0.15) is 6.33 Å². The Balaban J connectivity index is 2.44. The van der Waals surface area contributed by atoms with E-state index in [0.29, 0.717) is 0 Å². The molecule has 14 heavy (non-hydrogen) atoms. The summed E-state index contributed by atoms with van der Waals surface area (Å²) in [6.07, 6.45) is 2.89. The molecule has 0 atom stereocenters. The molecule has 0 spiro atoms. The molecule has 4 nitrogen and oxygen atoms in total. The standard InChI is InChI=1S/C10H20N4/c1-5-6-14-8-11-9(13-14)7-12-10(2,3)4/h8,12H,5-7H2,1-4H3. The number of hydrogen-bond acceptors (Lipinski definition) is 3. The first kappa shape index (κ1) is 11.2. The molecule has 4 heteroatoms. The second-order valence-corrected chi connectivity index (χ2v) is 4.53. The summed E-state index contributed by atoms with van der Waals surface area (Å²) in [5.74, 6) is 0.869. The summed E-state index contributed by atoms with van der Waals surface area (Å²) in [5, 5.41) is 7.70. The van der Waals surface area contributed by atoms with Crippen LogP contribution in [0.3, 0.4) is 0 Å².